The summed E-state index contributed by atoms with van der Waals surface area (Å²) < 4.78 is 12.9. The van der Waals surface area contributed by atoms with Crippen molar-refractivity contribution < 1.29 is 9.18 Å². The Labute approximate surface area is 135 Å². The molecule has 0 radical (unpaired) electrons. The Morgan fingerprint density at radius 2 is 1.70 bits per heavy atom. The van der Waals surface area contributed by atoms with Crippen molar-refractivity contribution >= 4 is 17.7 Å². The van der Waals surface area contributed by atoms with E-state index in [0.29, 0.717) is 5.69 Å². The predicted octanol–water partition coefficient (Wildman–Crippen LogP) is 4.30. The van der Waals surface area contributed by atoms with Crippen molar-refractivity contribution in [3.05, 3.63) is 70.0 Å². The molecule has 4 heteroatoms. The third kappa shape index (κ3) is 4.04. The molecule has 0 aromatic heterocycles. The second-order valence-electron chi connectivity index (χ2n) is 5.44. The molecule has 0 saturated carbocycles. The highest BCUT2D eigenvalue weighted by atomic mass is 19.1. The summed E-state index contributed by atoms with van der Waals surface area (Å²) >= 11 is 0. The topological polar surface area (TPSA) is 52.9 Å². The Morgan fingerprint density at radius 1 is 1.13 bits per heavy atom. The molecule has 1 N–H and O–H groups in total. The molecule has 0 spiro atoms. The van der Waals surface area contributed by atoms with Gasteiger partial charge in [0, 0.05) is 5.69 Å². The van der Waals surface area contributed by atoms with Gasteiger partial charge in [0.25, 0.3) is 5.91 Å². The van der Waals surface area contributed by atoms with Crippen LogP contribution in [0, 0.1) is 37.9 Å². The number of rotatable bonds is 3. The van der Waals surface area contributed by atoms with E-state index in [1.165, 1.54) is 24.3 Å². The first-order chi connectivity index (χ1) is 10.9. The summed E-state index contributed by atoms with van der Waals surface area (Å²) in [5.41, 5.74) is 4.45. The number of amides is 1. The summed E-state index contributed by atoms with van der Waals surface area (Å²) in [7, 11) is 0. The van der Waals surface area contributed by atoms with Crippen LogP contribution in [0.15, 0.2) is 42.0 Å². The summed E-state index contributed by atoms with van der Waals surface area (Å²) in [5.74, 6) is -0.900. The van der Waals surface area contributed by atoms with Gasteiger partial charge in [-0.25, -0.2) is 4.39 Å². The van der Waals surface area contributed by atoms with Crippen molar-refractivity contribution in [2.24, 2.45) is 0 Å². The molecule has 2 rings (SSSR count). The van der Waals surface area contributed by atoms with Gasteiger partial charge in [-0.1, -0.05) is 17.7 Å². The van der Waals surface area contributed by atoms with E-state index in [0.717, 1.165) is 22.3 Å². The Morgan fingerprint density at radius 3 is 2.22 bits per heavy atom. The Kier molecular flexibility index (Phi) is 4.92. The number of nitrogens with zero attached hydrogens (tertiary/aromatic N) is 1. The number of carbonyl (C=O) groups is 1. The molecule has 0 unspecified atom stereocenters. The predicted molar refractivity (Wildman–Crippen MR) is 89.3 cm³/mol. The van der Waals surface area contributed by atoms with Crippen molar-refractivity contribution in [3.8, 4) is 6.07 Å². The fraction of sp³-hybridized carbons (Fsp3) is 0.158. The smallest absolute Gasteiger partial charge is 0.266 e. The maximum absolute atomic E-state index is 12.9. The zero-order valence-electron chi connectivity index (χ0n) is 13.3. The normalized spacial score (nSPS) is 11.0. The molecule has 2 aromatic rings. The minimum Gasteiger partial charge on any atom is -0.321 e. The van der Waals surface area contributed by atoms with Crippen molar-refractivity contribution in [1.82, 2.24) is 0 Å². The largest absolute Gasteiger partial charge is 0.321 e. The maximum Gasteiger partial charge on any atom is 0.266 e. The molecule has 0 aliphatic carbocycles. The van der Waals surface area contributed by atoms with Crippen molar-refractivity contribution in [2.75, 3.05) is 5.32 Å². The van der Waals surface area contributed by atoms with Crippen LogP contribution in [0.25, 0.3) is 6.08 Å². The Bertz CT molecular complexity index is 791. The molecule has 3 nitrogen and oxygen atoms in total. The van der Waals surface area contributed by atoms with E-state index >= 15 is 0 Å². The van der Waals surface area contributed by atoms with E-state index in [1.807, 2.05) is 39.0 Å². The molecule has 0 bridgehead atoms. The number of anilines is 1. The molecular formula is C19H17FN2O. The highest BCUT2D eigenvalue weighted by Gasteiger charge is 2.11. The molecule has 0 atom stereocenters. The third-order valence-corrected chi connectivity index (χ3v) is 3.49. The van der Waals surface area contributed by atoms with Crippen molar-refractivity contribution in [1.29, 1.82) is 5.26 Å². The second-order valence-corrected chi connectivity index (χ2v) is 5.44. The average molecular weight is 308 g/mol. The van der Waals surface area contributed by atoms with Gasteiger partial charge in [0.05, 0.1) is 0 Å². The summed E-state index contributed by atoms with van der Waals surface area (Å²) in [5, 5.41) is 11.9. The molecule has 116 valence electrons. The number of benzene rings is 2. The molecule has 23 heavy (non-hydrogen) atoms. The highest BCUT2D eigenvalue weighted by molar-refractivity contribution is 6.09. The number of hydrogen-bond donors (Lipinski definition) is 1. The summed E-state index contributed by atoms with van der Waals surface area (Å²) in [4.78, 5) is 12.2. The van der Waals surface area contributed by atoms with Gasteiger partial charge in [-0.2, -0.15) is 5.26 Å². The van der Waals surface area contributed by atoms with Crippen molar-refractivity contribution in [2.45, 2.75) is 20.8 Å². The lowest BCUT2D eigenvalue weighted by molar-refractivity contribution is -0.112. The molecule has 0 fully saturated rings. The summed E-state index contributed by atoms with van der Waals surface area (Å²) in [6.45, 7) is 5.89. The number of carbonyl (C=O) groups excluding carboxylic acids is 1. The lowest BCUT2D eigenvalue weighted by Crippen LogP contribution is -2.13. The quantitative estimate of drug-likeness (QED) is 0.679. The first kappa shape index (κ1) is 16.4. The number of nitrogens with one attached hydrogen (secondary N) is 1. The van der Waals surface area contributed by atoms with E-state index in [1.54, 1.807) is 6.08 Å². The van der Waals surface area contributed by atoms with E-state index in [2.05, 4.69) is 5.32 Å². The number of nitriles is 1. The molecule has 0 saturated heterocycles. The third-order valence-electron chi connectivity index (χ3n) is 3.49. The lowest BCUT2D eigenvalue weighted by Gasteiger charge is -2.09. The molecule has 0 aliphatic heterocycles. The van der Waals surface area contributed by atoms with Gasteiger partial charge in [0.2, 0.25) is 0 Å². The zero-order chi connectivity index (χ0) is 17.0. The van der Waals surface area contributed by atoms with Crippen LogP contribution in [-0.4, -0.2) is 5.91 Å². The maximum atomic E-state index is 12.9. The van der Waals surface area contributed by atoms with Gasteiger partial charge in [-0.15, -0.1) is 0 Å². The van der Waals surface area contributed by atoms with Gasteiger partial charge in [0.15, 0.2) is 0 Å². The summed E-state index contributed by atoms with van der Waals surface area (Å²) in [6, 6.07) is 11.3. The number of hydrogen-bond acceptors (Lipinski definition) is 2. The standard InChI is InChI=1S/C19H17FN2O/c1-12-8-13(2)18(14(3)9-12)10-15(11-21)19(23)22-17-6-4-16(20)5-7-17/h4-10H,1-3H3,(H,22,23)/b15-10+. The SMILES string of the molecule is Cc1cc(C)c(/C=C(\C#N)C(=O)Nc2ccc(F)cc2)c(C)c1. The Hall–Kier alpha value is -2.93. The van der Waals surface area contributed by atoms with Crippen LogP contribution in [-0.2, 0) is 4.79 Å². The molecule has 1 amide bonds. The van der Waals surface area contributed by atoms with Gasteiger partial charge in [0.1, 0.15) is 17.5 Å². The van der Waals surface area contributed by atoms with Crippen LogP contribution in [0.1, 0.15) is 22.3 Å². The number of halogens is 1. The number of aryl methyl sites for hydroxylation is 3. The molecular weight excluding hydrogens is 291 g/mol. The lowest BCUT2D eigenvalue weighted by atomic mass is 9.98. The van der Waals surface area contributed by atoms with Gasteiger partial charge < -0.3 is 5.32 Å². The van der Waals surface area contributed by atoms with Crippen LogP contribution in [0.3, 0.4) is 0 Å². The van der Waals surface area contributed by atoms with E-state index in [-0.39, 0.29) is 11.4 Å². The van der Waals surface area contributed by atoms with Crippen LogP contribution >= 0.6 is 0 Å². The first-order valence-electron chi connectivity index (χ1n) is 7.17. The first-order valence-corrected chi connectivity index (χ1v) is 7.17. The minimum absolute atomic E-state index is 0.00405. The Balaban J connectivity index is 2.30. The van der Waals surface area contributed by atoms with E-state index < -0.39 is 5.91 Å². The minimum atomic E-state index is -0.515. The second kappa shape index (κ2) is 6.89. The van der Waals surface area contributed by atoms with E-state index in [9.17, 15) is 14.4 Å². The summed E-state index contributed by atoms with van der Waals surface area (Å²) in [6.07, 6.45) is 1.59. The van der Waals surface area contributed by atoms with E-state index in [4.69, 9.17) is 0 Å². The molecule has 2 aromatic carbocycles. The monoisotopic (exact) mass is 308 g/mol. The fourth-order valence-corrected chi connectivity index (χ4v) is 2.44. The van der Waals surface area contributed by atoms with Gasteiger partial charge in [-0.3, -0.25) is 4.79 Å². The zero-order valence-corrected chi connectivity index (χ0v) is 13.3. The van der Waals surface area contributed by atoms with Crippen LogP contribution in [0.5, 0.6) is 0 Å². The molecule has 0 aliphatic rings. The van der Waals surface area contributed by atoms with Crippen LogP contribution < -0.4 is 5.32 Å². The molecule has 0 heterocycles. The fourth-order valence-electron chi connectivity index (χ4n) is 2.44. The van der Waals surface area contributed by atoms with Crippen LogP contribution in [0.2, 0.25) is 0 Å². The van der Waals surface area contributed by atoms with Gasteiger partial charge in [-0.05, 0) is 67.8 Å². The highest BCUT2D eigenvalue weighted by Crippen LogP contribution is 2.20. The van der Waals surface area contributed by atoms with Crippen LogP contribution in [0.4, 0.5) is 10.1 Å². The van der Waals surface area contributed by atoms with Crippen molar-refractivity contribution in [3.63, 3.8) is 0 Å². The van der Waals surface area contributed by atoms with Gasteiger partial charge >= 0.3 is 0 Å². The average Bonchev–Trinajstić information content (AvgIpc) is 2.49.